The Kier molecular flexibility index (Phi) is 4.98. The molecular weight excluding hydrogens is 341 g/mol. The van der Waals surface area contributed by atoms with Crippen LogP contribution in [0, 0.1) is 11.7 Å². The van der Waals surface area contributed by atoms with E-state index in [2.05, 4.69) is 11.8 Å². The Balaban J connectivity index is 1.90. The lowest BCUT2D eigenvalue weighted by molar-refractivity contribution is -0.117. The van der Waals surface area contributed by atoms with Gasteiger partial charge in [0.25, 0.3) is 0 Å². The van der Waals surface area contributed by atoms with Gasteiger partial charge in [-0.2, -0.15) is 0 Å². The molecule has 142 valence electrons. The molecular formula is C23H26FNO2. The molecule has 4 rings (SSSR count). The summed E-state index contributed by atoms with van der Waals surface area (Å²) in [5.74, 6) is 0.0513. The van der Waals surface area contributed by atoms with Gasteiger partial charge in [0.2, 0.25) is 0 Å². The van der Waals surface area contributed by atoms with E-state index >= 15 is 0 Å². The zero-order valence-electron chi connectivity index (χ0n) is 15.9. The molecule has 0 N–H and O–H groups in total. The predicted octanol–water partition coefficient (Wildman–Crippen LogP) is 5.47. The molecule has 0 radical (unpaired) electrons. The number of allylic oxidation sites excluding steroid dienone is 4. The Morgan fingerprint density at radius 1 is 0.926 bits per heavy atom. The quantitative estimate of drug-likeness (QED) is 0.708. The highest BCUT2D eigenvalue weighted by Crippen LogP contribution is 2.48. The second kappa shape index (κ2) is 7.41. The van der Waals surface area contributed by atoms with Crippen molar-refractivity contribution >= 4 is 17.3 Å². The van der Waals surface area contributed by atoms with Crippen molar-refractivity contribution in [3.63, 3.8) is 0 Å². The van der Waals surface area contributed by atoms with Crippen LogP contribution in [-0.4, -0.2) is 11.6 Å². The van der Waals surface area contributed by atoms with Crippen molar-refractivity contribution in [3.8, 4) is 0 Å². The second-order valence-electron chi connectivity index (χ2n) is 7.78. The fourth-order valence-electron chi connectivity index (χ4n) is 4.85. The van der Waals surface area contributed by atoms with Gasteiger partial charge in [0.1, 0.15) is 5.82 Å². The summed E-state index contributed by atoms with van der Waals surface area (Å²) in [4.78, 5) is 28.0. The molecule has 1 aromatic carbocycles. The van der Waals surface area contributed by atoms with E-state index in [0.29, 0.717) is 12.8 Å². The number of carbonyl (C=O) groups is 2. The van der Waals surface area contributed by atoms with Crippen molar-refractivity contribution in [2.45, 2.75) is 64.7 Å². The number of nitrogens with zero attached hydrogens (tertiary/aromatic N) is 1. The summed E-state index contributed by atoms with van der Waals surface area (Å²) in [6, 6.07) is 6.42. The van der Waals surface area contributed by atoms with E-state index in [9.17, 15) is 14.0 Å². The van der Waals surface area contributed by atoms with Gasteiger partial charge in [0, 0.05) is 47.0 Å². The molecule has 0 fully saturated rings. The van der Waals surface area contributed by atoms with Crippen molar-refractivity contribution in [3.05, 3.63) is 52.6 Å². The van der Waals surface area contributed by atoms with Crippen molar-refractivity contribution < 1.29 is 14.0 Å². The van der Waals surface area contributed by atoms with Gasteiger partial charge in [-0.15, -0.1) is 0 Å². The van der Waals surface area contributed by atoms with Crippen LogP contribution < -0.4 is 4.90 Å². The van der Waals surface area contributed by atoms with Gasteiger partial charge >= 0.3 is 0 Å². The third kappa shape index (κ3) is 3.15. The van der Waals surface area contributed by atoms with Crippen molar-refractivity contribution in [1.82, 2.24) is 0 Å². The molecule has 4 heteroatoms. The van der Waals surface area contributed by atoms with Gasteiger partial charge < -0.3 is 4.90 Å². The largest absolute Gasteiger partial charge is 0.317 e. The number of rotatable bonds is 4. The van der Waals surface area contributed by atoms with Crippen LogP contribution in [0.1, 0.15) is 64.7 Å². The van der Waals surface area contributed by atoms with Crippen LogP contribution in [0.4, 0.5) is 10.1 Å². The van der Waals surface area contributed by atoms with Gasteiger partial charge in [-0.1, -0.05) is 19.8 Å². The number of benzene rings is 1. The summed E-state index contributed by atoms with van der Waals surface area (Å²) in [6.07, 6.45) is 7.41. The molecule has 0 amide bonds. The summed E-state index contributed by atoms with van der Waals surface area (Å²) in [5, 5.41) is 0. The Hall–Kier alpha value is -2.23. The maximum absolute atomic E-state index is 13.5. The Bertz CT molecular complexity index is 790. The molecule has 2 aliphatic carbocycles. The minimum atomic E-state index is -0.278. The fourth-order valence-corrected chi connectivity index (χ4v) is 4.85. The summed E-state index contributed by atoms with van der Waals surface area (Å²) >= 11 is 0. The molecule has 0 atom stereocenters. The third-order valence-electron chi connectivity index (χ3n) is 6.03. The summed E-state index contributed by atoms with van der Waals surface area (Å²) in [6.45, 7) is 2.14. The van der Waals surface area contributed by atoms with Gasteiger partial charge in [0.15, 0.2) is 11.6 Å². The predicted molar refractivity (Wildman–Crippen MR) is 104 cm³/mol. The zero-order chi connectivity index (χ0) is 19.0. The molecule has 0 unspecified atom stereocenters. The van der Waals surface area contributed by atoms with Crippen molar-refractivity contribution in [2.24, 2.45) is 5.92 Å². The third-order valence-corrected chi connectivity index (χ3v) is 6.03. The normalized spacial score (nSPS) is 20.9. The smallest absolute Gasteiger partial charge is 0.161 e. The lowest BCUT2D eigenvalue weighted by Crippen LogP contribution is -2.40. The fraction of sp³-hybridized carbons (Fsp3) is 0.478. The van der Waals surface area contributed by atoms with E-state index in [-0.39, 0.29) is 23.3 Å². The van der Waals surface area contributed by atoms with E-state index in [1.807, 2.05) is 0 Å². The average molecular weight is 367 g/mol. The van der Waals surface area contributed by atoms with E-state index in [0.717, 1.165) is 73.2 Å². The summed E-state index contributed by atoms with van der Waals surface area (Å²) in [7, 11) is 0. The summed E-state index contributed by atoms with van der Waals surface area (Å²) in [5.41, 5.74) is 4.66. The molecule has 0 bridgehead atoms. The zero-order valence-corrected chi connectivity index (χ0v) is 15.9. The monoisotopic (exact) mass is 367 g/mol. The number of Topliss-reactive ketones (excluding diaryl/α,β-unsaturated/α-hetero) is 2. The lowest BCUT2D eigenvalue weighted by Gasteiger charge is -2.44. The van der Waals surface area contributed by atoms with E-state index in [1.54, 1.807) is 12.1 Å². The molecule has 1 heterocycles. The van der Waals surface area contributed by atoms with Crippen LogP contribution in [-0.2, 0) is 9.59 Å². The highest BCUT2D eigenvalue weighted by atomic mass is 19.1. The van der Waals surface area contributed by atoms with Crippen LogP contribution in [0.15, 0.2) is 46.8 Å². The molecule has 1 aliphatic heterocycles. The first-order valence-electron chi connectivity index (χ1n) is 10.2. The average Bonchev–Trinajstić information content (AvgIpc) is 2.67. The number of hydrogen-bond acceptors (Lipinski definition) is 3. The first kappa shape index (κ1) is 18.1. The van der Waals surface area contributed by atoms with Crippen LogP contribution >= 0.6 is 0 Å². The van der Waals surface area contributed by atoms with Crippen LogP contribution in [0.3, 0.4) is 0 Å². The lowest BCUT2D eigenvalue weighted by atomic mass is 9.71. The van der Waals surface area contributed by atoms with Gasteiger partial charge in [-0.25, -0.2) is 4.39 Å². The highest BCUT2D eigenvalue weighted by Gasteiger charge is 2.42. The number of halogens is 1. The maximum Gasteiger partial charge on any atom is 0.161 e. The maximum atomic E-state index is 13.5. The standard InChI is InChI=1S/C23H26FNO2/c1-2-3-6-17-22-18(7-4-9-20(22)26)25(16-13-11-15(24)12-14-16)19-8-5-10-21(27)23(17)19/h11-14,17H,2-10H2,1H3. The van der Waals surface area contributed by atoms with Crippen LogP contribution in [0.5, 0.6) is 0 Å². The number of unbranched alkanes of at least 4 members (excludes halogenated alkanes) is 1. The number of ketones is 2. The number of anilines is 1. The van der Waals surface area contributed by atoms with Crippen LogP contribution in [0.2, 0.25) is 0 Å². The molecule has 0 saturated carbocycles. The molecule has 3 nitrogen and oxygen atoms in total. The first-order chi connectivity index (χ1) is 13.1. The summed E-state index contributed by atoms with van der Waals surface area (Å²) < 4.78 is 13.5. The van der Waals surface area contributed by atoms with Crippen LogP contribution in [0.25, 0.3) is 0 Å². The first-order valence-corrected chi connectivity index (χ1v) is 10.2. The van der Waals surface area contributed by atoms with Gasteiger partial charge in [0.05, 0.1) is 0 Å². The Labute approximate surface area is 159 Å². The number of carbonyl (C=O) groups excluding carboxylic acids is 2. The molecule has 3 aliphatic rings. The Morgan fingerprint density at radius 2 is 1.48 bits per heavy atom. The molecule has 0 saturated heterocycles. The minimum absolute atomic E-state index is 0.0488. The minimum Gasteiger partial charge on any atom is -0.317 e. The van der Waals surface area contributed by atoms with Gasteiger partial charge in [-0.3, -0.25) is 9.59 Å². The second-order valence-corrected chi connectivity index (χ2v) is 7.78. The molecule has 1 aromatic rings. The van der Waals surface area contributed by atoms with Crippen molar-refractivity contribution in [2.75, 3.05) is 4.90 Å². The Morgan fingerprint density at radius 3 is 2.00 bits per heavy atom. The van der Waals surface area contributed by atoms with E-state index < -0.39 is 0 Å². The molecule has 0 aromatic heterocycles. The topological polar surface area (TPSA) is 37.4 Å². The van der Waals surface area contributed by atoms with E-state index in [1.165, 1.54) is 12.1 Å². The van der Waals surface area contributed by atoms with Gasteiger partial charge in [-0.05, 0) is 56.4 Å². The molecule has 27 heavy (non-hydrogen) atoms. The van der Waals surface area contributed by atoms with E-state index in [4.69, 9.17) is 0 Å². The SMILES string of the molecule is CCCCC1C2=C(CCCC2=O)N(c2ccc(F)cc2)C2=C1C(=O)CCC2. The van der Waals surface area contributed by atoms with Crippen molar-refractivity contribution in [1.29, 1.82) is 0 Å². The number of hydrogen-bond donors (Lipinski definition) is 0. The molecule has 0 spiro atoms. The highest BCUT2D eigenvalue weighted by molar-refractivity contribution is 6.06.